The maximum Gasteiger partial charge on any atom is 0.210 e. The molecule has 0 amide bonds. The van der Waals surface area contributed by atoms with E-state index in [1.807, 2.05) is 12.1 Å². The zero-order valence-corrected chi connectivity index (χ0v) is 14.8. The summed E-state index contributed by atoms with van der Waals surface area (Å²) in [5.74, 6) is 6.61. The third kappa shape index (κ3) is 3.15. The number of rotatable bonds is 2. The molecule has 0 saturated heterocycles. The topological polar surface area (TPSA) is 41.6 Å². The molecule has 2 atom stereocenters. The standard InChI is InChI=1S/C21H21N3S/c22-24-20(16-10-5-2-6-11-16)18-13-7-12-17(19(18)23-21(24)25)14-15-8-3-1-4-9-15/h1-6,8-11,14,18,20H,7,12-13,22H2/b17-14+/t18-,20-/m0/s1. The van der Waals surface area contributed by atoms with E-state index in [1.54, 1.807) is 5.01 Å². The molecule has 2 N–H and O–H groups in total. The van der Waals surface area contributed by atoms with Gasteiger partial charge in [0.25, 0.3) is 0 Å². The molecule has 0 spiro atoms. The Bertz CT molecular complexity index is 827. The predicted molar refractivity (Wildman–Crippen MR) is 107 cm³/mol. The van der Waals surface area contributed by atoms with Crippen LogP contribution in [0.15, 0.2) is 71.2 Å². The average Bonchev–Trinajstić information content (AvgIpc) is 2.65. The summed E-state index contributed by atoms with van der Waals surface area (Å²) in [6.07, 6.45) is 5.52. The first kappa shape index (κ1) is 16.2. The molecule has 25 heavy (non-hydrogen) atoms. The van der Waals surface area contributed by atoms with Crippen LogP contribution in [0.25, 0.3) is 6.08 Å². The number of fused-ring (bicyclic) bond motifs is 1. The highest BCUT2D eigenvalue weighted by molar-refractivity contribution is 7.80. The molecule has 0 radical (unpaired) electrons. The van der Waals surface area contributed by atoms with Crippen molar-refractivity contribution in [1.82, 2.24) is 5.01 Å². The van der Waals surface area contributed by atoms with Gasteiger partial charge in [0.1, 0.15) is 0 Å². The van der Waals surface area contributed by atoms with Crippen LogP contribution in [0, 0.1) is 5.92 Å². The number of benzene rings is 2. The molecule has 2 aromatic rings. The van der Waals surface area contributed by atoms with Crippen molar-refractivity contribution in [2.45, 2.75) is 25.3 Å². The van der Waals surface area contributed by atoms with Gasteiger partial charge < -0.3 is 0 Å². The first-order valence-electron chi connectivity index (χ1n) is 8.71. The molecule has 4 rings (SSSR count). The van der Waals surface area contributed by atoms with Crippen LogP contribution in [0.3, 0.4) is 0 Å². The molecule has 2 aromatic carbocycles. The van der Waals surface area contributed by atoms with E-state index in [0.29, 0.717) is 5.11 Å². The third-order valence-electron chi connectivity index (χ3n) is 5.04. The lowest BCUT2D eigenvalue weighted by molar-refractivity contribution is 0.253. The molecule has 1 saturated carbocycles. The smallest absolute Gasteiger partial charge is 0.210 e. The van der Waals surface area contributed by atoms with Crippen LogP contribution in [0.5, 0.6) is 0 Å². The van der Waals surface area contributed by atoms with Crippen molar-refractivity contribution in [2.24, 2.45) is 16.8 Å². The Hall–Kier alpha value is -2.30. The minimum atomic E-state index is 0.0562. The SMILES string of the molecule is NN1C(=S)N=C2/C(=C/c3ccccc3)CCC[C@@H]2[C@@H]1c1ccccc1. The summed E-state index contributed by atoms with van der Waals surface area (Å²) in [5.41, 5.74) is 4.82. The van der Waals surface area contributed by atoms with Crippen LogP contribution >= 0.6 is 12.2 Å². The molecular formula is C21H21N3S. The number of thiocarbonyl (C=S) groups is 1. The van der Waals surface area contributed by atoms with Gasteiger partial charge >= 0.3 is 0 Å². The fourth-order valence-corrected chi connectivity index (χ4v) is 4.10. The van der Waals surface area contributed by atoms with Gasteiger partial charge in [-0.1, -0.05) is 60.7 Å². The fraction of sp³-hybridized carbons (Fsp3) is 0.238. The monoisotopic (exact) mass is 347 g/mol. The van der Waals surface area contributed by atoms with E-state index in [9.17, 15) is 0 Å². The fourth-order valence-electron chi connectivity index (χ4n) is 3.89. The second-order valence-corrected chi connectivity index (χ2v) is 6.99. The van der Waals surface area contributed by atoms with Crippen LogP contribution in [0.4, 0.5) is 0 Å². The van der Waals surface area contributed by atoms with Crippen molar-refractivity contribution in [3.63, 3.8) is 0 Å². The molecule has 1 heterocycles. The van der Waals surface area contributed by atoms with Crippen molar-refractivity contribution in [1.29, 1.82) is 0 Å². The Morgan fingerprint density at radius 1 is 1.04 bits per heavy atom. The maximum atomic E-state index is 6.33. The number of hydrogen-bond acceptors (Lipinski definition) is 2. The van der Waals surface area contributed by atoms with E-state index in [-0.39, 0.29) is 12.0 Å². The average molecular weight is 347 g/mol. The van der Waals surface area contributed by atoms with Crippen molar-refractivity contribution in [2.75, 3.05) is 0 Å². The predicted octanol–water partition coefficient (Wildman–Crippen LogP) is 4.53. The molecule has 0 unspecified atom stereocenters. The summed E-state index contributed by atoms with van der Waals surface area (Å²) < 4.78 is 0. The van der Waals surface area contributed by atoms with E-state index in [4.69, 9.17) is 23.1 Å². The second kappa shape index (κ2) is 6.90. The summed E-state index contributed by atoms with van der Waals surface area (Å²) in [5, 5.41) is 2.14. The molecule has 2 aliphatic rings. The van der Waals surface area contributed by atoms with Gasteiger partial charge in [-0.2, -0.15) is 0 Å². The van der Waals surface area contributed by atoms with Crippen LogP contribution in [0.1, 0.15) is 36.4 Å². The van der Waals surface area contributed by atoms with Crippen molar-refractivity contribution < 1.29 is 0 Å². The van der Waals surface area contributed by atoms with Gasteiger partial charge in [-0.15, -0.1) is 0 Å². The van der Waals surface area contributed by atoms with E-state index < -0.39 is 0 Å². The van der Waals surface area contributed by atoms with E-state index >= 15 is 0 Å². The highest BCUT2D eigenvalue weighted by Gasteiger charge is 2.39. The van der Waals surface area contributed by atoms with Crippen molar-refractivity contribution in [3.05, 3.63) is 77.4 Å². The highest BCUT2D eigenvalue weighted by Crippen LogP contribution is 2.41. The van der Waals surface area contributed by atoms with Crippen LogP contribution < -0.4 is 5.84 Å². The van der Waals surface area contributed by atoms with Gasteiger partial charge in [0, 0.05) is 5.92 Å². The largest absolute Gasteiger partial charge is 0.277 e. The van der Waals surface area contributed by atoms with E-state index in [0.717, 1.165) is 25.0 Å². The summed E-state index contributed by atoms with van der Waals surface area (Å²) in [6.45, 7) is 0. The minimum Gasteiger partial charge on any atom is -0.277 e. The van der Waals surface area contributed by atoms with Crippen LogP contribution in [-0.2, 0) is 0 Å². The first-order chi connectivity index (χ1) is 12.2. The molecule has 0 aromatic heterocycles. The summed E-state index contributed by atoms with van der Waals surface area (Å²) in [6, 6.07) is 20.9. The Balaban J connectivity index is 1.76. The van der Waals surface area contributed by atoms with Crippen molar-refractivity contribution >= 4 is 29.1 Å². The zero-order valence-electron chi connectivity index (χ0n) is 14.0. The summed E-state index contributed by atoms with van der Waals surface area (Å²) in [7, 11) is 0. The van der Waals surface area contributed by atoms with Gasteiger partial charge in [-0.25, -0.2) is 10.8 Å². The number of allylic oxidation sites excluding steroid dienone is 1. The number of nitrogens with zero attached hydrogens (tertiary/aromatic N) is 2. The Morgan fingerprint density at radius 2 is 1.72 bits per heavy atom. The lowest BCUT2D eigenvalue weighted by Crippen LogP contribution is -2.49. The maximum absolute atomic E-state index is 6.33. The zero-order chi connectivity index (χ0) is 17.2. The van der Waals surface area contributed by atoms with Crippen LogP contribution in [-0.4, -0.2) is 15.8 Å². The van der Waals surface area contributed by atoms with Gasteiger partial charge in [0.05, 0.1) is 11.8 Å². The Morgan fingerprint density at radius 3 is 2.44 bits per heavy atom. The van der Waals surface area contributed by atoms with Gasteiger partial charge in [0.15, 0.2) is 0 Å². The van der Waals surface area contributed by atoms with Gasteiger partial charge in [-0.3, -0.25) is 5.01 Å². The molecule has 3 nitrogen and oxygen atoms in total. The molecular weight excluding hydrogens is 326 g/mol. The minimum absolute atomic E-state index is 0.0562. The van der Waals surface area contributed by atoms with Gasteiger partial charge in [-0.05, 0) is 54.3 Å². The second-order valence-electron chi connectivity index (χ2n) is 6.62. The lowest BCUT2D eigenvalue weighted by atomic mass is 9.75. The Kier molecular flexibility index (Phi) is 4.47. The highest BCUT2D eigenvalue weighted by atomic mass is 32.1. The third-order valence-corrected chi connectivity index (χ3v) is 5.34. The molecule has 4 heteroatoms. The normalized spacial score (nSPS) is 24.8. The molecule has 1 fully saturated rings. The van der Waals surface area contributed by atoms with Crippen molar-refractivity contribution in [3.8, 4) is 0 Å². The van der Waals surface area contributed by atoms with Crippen LogP contribution in [0.2, 0.25) is 0 Å². The molecule has 1 aliphatic carbocycles. The van der Waals surface area contributed by atoms with E-state index in [1.165, 1.54) is 16.7 Å². The molecule has 126 valence electrons. The summed E-state index contributed by atoms with van der Waals surface area (Å²) in [4.78, 5) is 4.72. The molecule has 1 aliphatic heterocycles. The number of nitrogens with two attached hydrogens (primary N) is 1. The first-order valence-corrected chi connectivity index (χ1v) is 9.12. The number of aliphatic imine (C=N–C) groups is 1. The quantitative estimate of drug-likeness (QED) is 0.641. The lowest BCUT2D eigenvalue weighted by Gasteiger charge is -2.42. The number of hydrogen-bond donors (Lipinski definition) is 1. The van der Waals surface area contributed by atoms with E-state index in [2.05, 4.69) is 54.6 Å². The molecule has 0 bridgehead atoms. The Labute approximate surface area is 153 Å². The number of hydrazine groups is 1. The van der Waals surface area contributed by atoms with Gasteiger partial charge in [0.2, 0.25) is 5.11 Å². The summed E-state index contributed by atoms with van der Waals surface area (Å²) >= 11 is 5.48.